The normalized spacial score (nSPS) is 15.0. The van der Waals surface area contributed by atoms with Gasteiger partial charge in [0.25, 0.3) is 5.91 Å². The first kappa shape index (κ1) is 14.0. The average molecular weight is 305 g/mol. The fourth-order valence-electron chi connectivity index (χ4n) is 3.15. The van der Waals surface area contributed by atoms with Crippen molar-refractivity contribution in [1.29, 1.82) is 0 Å². The summed E-state index contributed by atoms with van der Waals surface area (Å²) in [7, 11) is 0. The number of imidazole rings is 1. The van der Waals surface area contributed by atoms with Crippen LogP contribution in [0.3, 0.4) is 0 Å². The molecule has 0 bridgehead atoms. The first-order valence-electron chi connectivity index (χ1n) is 8.15. The molecule has 0 atom stereocenters. The number of hydrogen-bond acceptors (Lipinski definition) is 2. The van der Waals surface area contributed by atoms with Crippen LogP contribution in [0.4, 0.5) is 0 Å². The lowest BCUT2D eigenvalue weighted by Gasteiger charge is -2.26. The molecule has 1 saturated heterocycles. The van der Waals surface area contributed by atoms with Crippen molar-refractivity contribution in [1.82, 2.24) is 14.3 Å². The lowest BCUT2D eigenvalue weighted by molar-refractivity contribution is 0.0724. The number of piperidine rings is 1. The van der Waals surface area contributed by atoms with Crippen molar-refractivity contribution in [2.45, 2.75) is 19.3 Å². The van der Waals surface area contributed by atoms with Crippen molar-refractivity contribution in [2.24, 2.45) is 0 Å². The predicted molar refractivity (Wildman–Crippen MR) is 90.4 cm³/mol. The summed E-state index contributed by atoms with van der Waals surface area (Å²) < 4.78 is 1.94. The van der Waals surface area contributed by atoms with Crippen LogP contribution in [0.2, 0.25) is 0 Å². The van der Waals surface area contributed by atoms with E-state index in [-0.39, 0.29) is 5.91 Å². The number of pyridine rings is 1. The summed E-state index contributed by atoms with van der Waals surface area (Å²) in [5, 5.41) is 0. The molecule has 3 aromatic rings. The monoisotopic (exact) mass is 305 g/mol. The molecule has 0 saturated carbocycles. The van der Waals surface area contributed by atoms with Crippen LogP contribution in [0.15, 0.2) is 54.9 Å². The maximum absolute atomic E-state index is 12.6. The van der Waals surface area contributed by atoms with Crippen LogP contribution >= 0.6 is 0 Å². The highest BCUT2D eigenvalue weighted by atomic mass is 16.2. The molecule has 4 rings (SSSR count). The summed E-state index contributed by atoms with van der Waals surface area (Å²) in [5.74, 6) is 0.126. The predicted octanol–water partition coefficient (Wildman–Crippen LogP) is 3.63. The van der Waals surface area contributed by atoms with Crippen LogP contribution in [0.5, 0.6) is 0 Å². The molecule has 0 radical (unpaired) electrons. The van der Waals surface area contributed by atoms with Crippen molar-refractivity contribution in [3.63, 3.8) is 0 Å². The highest BCUT2D eigenvalue weighted by molar-refractivity contribution is 5.94. The molecule has 116 valence electrons. The van der Waals surface area contributed by atoms with Crippen molar-refractivity contribution in [2.75, 3.05) is 13.1 Å². The number of carbonyl (C=O) groups excluding carboxylic acids is 1. The Hall–Kier alpha value is -2.62. The lowest BCUT2D eigenvalue weighted by atomic mass is 10.1. The van der Waals surface area contributed by atoms with Crippen molar-refractivity contribution in [3.8, 4) is 11.3 Å². The van der Waals surface area contributed by atoms with Gasteiger partial charge in [-0.15, -0.1) is 0 Å². The lowest BCUT2D eigenvalue weighted by Crippen LogP contribution is -2.35. The van der Waals surface area contributed by atoms with Gasteiger partial charge >= 0.3 is 0 Å². The standard InChI is InChI=1S/C19H19N3O/c23-19(21-11-5-2-6-12-21)16-9-10-18-20-17(14-22(18)13-16)15-7-3-1-4-8-15/h1,3-4,7-10,13-14H,2,5-6,11-12H2. The second kappa shape index (κ2) is 5.88. The molecule has 4 nitrogen and oxygen atoms in total. The van der Waals surface area contributed by atoms with Crippen LogP contribution in [0, 0.1) is 0 Å². The van der Waals surface area contributed by atoms with Gasteiger partial charge < -0.3 is 9.30 Å². The summed E-state index contributed by atoms with van der Waals surface area (Å²) in [6.45, 7) is 1.74. The number of carbonyl (C=O) groups is 1. The van der Waals surface area contributed by atoms with Gasteiger partial charge in [0.05, 0.1) is 11.3 Å². The van der Waals surface area contributed by atoms with E-state index in [4.69, 9.17) is 0 Å². The minimum absolute atomic E-state index is 0.126. The van der Waals surface area contributed by atoms with E-state index < -0.39 is 0 Å². The second-order valence-corrected chi connectivity index (χ2v) is 6.03. The van der Waals surface area contributed by atoms with Crippen LogP contribution in [0.25, 0.3) is 16.9 Å². The second-order valence-electron chi connectivity index (χ2n) is 6.03. The Balaban J connectivity index is 1.66. The number of fused-ring (bicyclic) bond motifs is 1. The zero-order valence-electron chi connectivity index (χ0n) is 13.0. The summed E-state index contributed by atoms with van der Waals surface area (Å²) in [6, 6.07) is 13.9. The maximum Gasteiger partial charge on any atom is 0.255 e. The summed E-state index contributed by atoms with van der Waals surface area (Å²) >= 11 is 0. The first-order chi connectivity index (χ1) is 11.3. The highest BCUT2D eigenvalue weighted by Crippen LogP contribution is 2.20. The number of likely N-dealkylation sites (tertiary alicyclic amines) is 1. The smallest absolute Gasteiger partial charge is 0.255 e. The molecule has 3 heterocycles. The van der Waals surface area contributed by atoms with Crippen molar-refractivity contribution < 1.29 is 4.79 Å². The number of nitrogens with zero attached hydrogens (tertiary/aromatic N) is 3. The van der Waals surface area contributed by atoms with Crippen molar-refractivity contribution >= 4 is 11.6 Å². The fourth-order valence-corrected chi connectivity index (χ4v) is 3.15. The number of amides is 1. The topological polar surface area (TPSA) is 37.6 Å². The molecule has 0 unspecified atom stereocenters. The van der Waals surface area contributed by atoms with Gasteiger partial charge in [-0.1, -0.05) is 30.3 Å². The van der Waals surface area contributed by atoms with E-state index in [1.165, 1.54) is 6.42 Å². The Bertz CT molecular complexity index is 832. The van der Waals surface area contributed by atoms with E-state index in [0.717, 1.165) is 48.4 Å². The van der Waals surface area contributed by atoms with E-state index >= 15 is 0 Å². The highest BCUT2D eigenvalue weighted by Gasteiger charge is 2.18. The van der Waals surface area contributed by atoms with E-state index in [2.05, 4.69) is 4.98 Å². The third-order valence-corrected chi connectivity index (χ3v) is 4.41. The van der Waals surface area contributed by atoms with Gasteiger partial charge in [0.1, 0.15) is 5.65 Å². The number of aromatic nitrogens is 2. The van der Waals surface area contributed by atoms with Crippen LogP contribution in [0.1, 0.15) is 29.6 Å². The van der Waals surface area contributed by atoms with Crippen molar-refractivity contribution in [3.05, 3.63) is 60.4 Å². The quantitative estimate of drug-likeness (QED) is 0.725. The largest absolute Gasteiger partial charge is 0.339 e. The average Bonchev–Trinajstić information content (AvgIpc) is 3.06. The van der Waals surface area contributed by atoms with E-state index in [0.29, 0.717) is 0 Å². The molecule has 0 N–H and O–H groups in total. The molecule has 23 heavy (non-hydrogen) atoms. The summed E-state index contributed by atoms with van der Waals surface area (Å²) in [4.78, 5) is 19.2. The molecule has 2 aromatic heterocycles. The molecule has 1 aromatic carbocycles. The third kappa shape index (κ3) is 2.72. The van der Waals surface area contributed by atoms with E-state index in [9.17, 15) is 4.79 Å². The number of rotatable bonds is 2. The van der Waals surface area contributed by atoms with E-state index in [1.54, 1.807) is 0 Å². The number of hydrogen-bond donors (Lipinski definition) is 0. The van der Waals surface area contributed by atoms with Gasteiger partial charge in [-0.2, -0.15) is 0 Å². The van der Waals surface area contributed by atoms with Gasteiger partial charge in [0.2, 0.25) is 0 Å². The summed E-state index contributed by atoms with van der Waals surface area (Å²) in [6.07, 6.45) is 7.32. The minimum Gasteiger partial charge on any atom is -0.339 e. The molecular formula is C19H19N3O. The van der Waals surface area contributed by atoms with Crippen LogP contribution < -0.4 is 0 Å². The Morgan fingerprint density at radius 1 is 0.913 bits per heavy atom. The maximum atomic E-state index is 12.6. The number of benzene rings is 1. The van der Waals surface area contributed by atoms with Gasteiger partial charge in [-0.25, -0.2) is 4.98 Å². The SMILES string of the molecule is O=C(c1ccc2nc(-c3ccccc3)cn2c1)N1CCCCC1. The van der Waals surface area contributed by atoms with Gasteiger partial charge in [-0.3, -0.25) is 4.79 Å². The Morgan fingerprint density at radius 2 is 1.70 bits per heavy atom. The van der Waals surface area contributed by atoms with Gasteiger partial charge in [0, 0.05) is 31.0 Å². The Labute approximate surface area is 135 Å². The molecule has 4 heteroatoms. The van der Waals surface area contributed by atoms with E-state index in [1.807, 2.05) is 64.2 Å². The zero-order valence-corrected chi connectivity index (χ0v) is 13.0. The molecule has 0 aliphatic carbocycles. The summed E-state index contributed by atoms with van der Waals surface area (Å²) in [5.41, 5.74) is 3.60. The molecule has 0 spiro atoms. The first-order valence-corrected chi connectivity index (χ1v) is 8.15. The zero-order chi connectivity index (χ0) is 15.6. The van der Waals surface area contributed by atoms with Crippen LogP contribution in [-0.2, 0) is 0 Å². The van der Waals surface area contributed by atoms with Gasteiger partial charge in [-0.05, 0) is 31.4 Å². The molecule has 1 fully saturated rings. The molecule has 1 aliphatic rings. The fraction of sp³-hybridized carbons (Fsp3) is 0.263. The molecule has 1 aliphatic heterocycles. The molecular weight excluding hydrogens is 286 g/mol. The van der Waals surface area contributed by atoms with Crippen LogP contribution in [-0.4, -0.2) is 33.3 Å². The Kier molecular flexibility index (Phi) is 3.58. The minimum atomic E-state index is 0.126. The Morgan fingerprint density at radius 3 is 2.48 bits per heavy atom. The van der Waals surface area contributed by atoms with Gasteiger partial charge in [0.15, 0.2) is 0 Å². The molecule has 1 amide bonds. The third-order valence-electron chi connectivity index (χ3n) is 4.41.